The van der Waals surface area contributed by atoms with Gasteiger partial charge in [-0.25, -0.2) is 9.37 Å². The van der Waals surface area contributed by atoms with Crippen molar-refractivity contribution in [3.63, 3.8) is 0 Å². The number of rotatable bonds is 7. The van der Waals surface area contributed by atoms with Crippen LogP contribution in [0.5, 0.6) is 5.88 Å². The molecule has 0 aliphatic carbocycles. The molecule has 6 rings (SSSR count). The Labute approximate surface area is 226 Å². The van der Waals surface area contributed by atoms with Crippen LogP contribution in [0.2, 0.25) is 0 Å². The Morgan fingerprint density at radius 1 is 1.15 bits per heavy atom. The maximum atomic E-state index is 15.1. The third kappa shape index (κ3) is 5.46. The average molecular weight is 540 g/mol. The molecule has 2 aromatic heterocycles. The van der Waals surface area contributed by atoms with Gasteiger partial charge in [0.05, 0.1) is 30.4 Å². The number of halogens is 1. The van der Waals surface area contributed by atoms with Crippen molar-refractivity contribution in [3.05, 3.63) is 42.2 Å². The summed E-state index contributed by atoms with van der Waals surface area (Å²) in [6, 6.07) is 10.9. The number of ether oxygens (including phenoxy) is 4. The van der Waals surface area contributed by atoms with E-state index < -0.39 is 11.9 Å². The molecule has 4 atom stereocenters. The fourth-order valence-corrected chi connectivity index (χ4v) is 5.75. The van der Waals surface area contributed by atoms with Crippen molar-refractivity contribution in [1.29, 1.82) is 0 Å². The maximum Gasteiger partial charge on any atom is 0.306 e. The highest BCUT2D eigenvalue weighted by Gasteiger charge is 2.48. The molecule has 3 saturated heterocycles. The van der Waals surface area contributed by atoms with E-state index in [2.05, 4.69) is 14.9 Å². The van der Waals surface area contributed by atoms with Crippen LogP contribution >= 0.6 is 0 Å². The predicted molar refractivity (Wildman–Crippen MR) is 142 cm³/mol. The Morgan fingerprint density at radius 3 is 2.64 bits per heavy atom. The lowest BCUT2D eigenvalue weighted by molar-refractivity contribution is -0.148. The third-order valence-corrected chi connectivity index (χ3v) is 7.73. The topological polar surface area (TPSA) is 106 Å². The summed E-state index contributed by atoms with van der Waals surface area (Å²) in [6.07, 6.45) is 0.514. The number of aliphatic hydroxyl groups excluding tert-OH is 1. The van der Waals surface area contributed by atoms with Gasteiger partial charge < -0.3 is 33.9 Å². The van der Waals surface area contributed by atoms with E-state index in [0.717, 1.165) is 31.6 Å². The second-order valence-electron chi connectivity index (χ2n) is 10.9. The highest BCUT2D eigenvalue weighted by atomic mass is 19.1. The first-order valence-corrected chi connectivity index (χ1v) is 13.7. The van der Waals surface area contributed by atoms with E-state index in [1.54, 1.807) is 6.07 Å². The largest absolute Gasteiger partial charge is 0.470 e. The number of nitrogens with zero attached hydrogens (tertiary/aromatic N) is 2. The number of esters is 1. The van der Waals surface area contributed by atoms with Gasteiger partial charge in [0, 0.05) is 42.9 Å². The van der Waals surface area contributed by atoms with Crippen molar-refractivity contribution < 1.29 is 33.2 Å². The lowest BCUT2D eigenvalue weighted by atomic mass is 9.93. The number of pyridine rings is 1. The molecule has 0 bridgehead atoms. The summed E-state index contributed by atoms with van der Waals surface area (Å²) in [7, 11) is 0. The summed E-state index contributed by atoms with van der Waals surface area (Å²) in [5.74, 6) is 0.241. The zero-order valence-corrected chi connectivity index (χ0v) is 22.1. The Bertz CT molecular complexity index is 1320. The van der Waals surface area contributed by atoms with Crippen molar-refractivity contribution in [2.45, 2.75) is 63.6 Å². The summed E-state index contributed by atoms with van der Waals surface area (Å²) < 4.78 is 37.6. The normalized spacial score (nSPS) is 25.4. The molecule has 0 spiro atoms. The van der Waals surface area contributed by atoms with Gasteiger partial charge in [-0.05, 0) is 44.7 Å². The van der Waals surface area contributed by atoms with Crippen LogP contribution in [0.3, 0.4) is 0 Å². The number of aliphatic hydroxyl groups is 1. The molecule has 0 radical (unpaired) electrons. The highest BCUT2D eigenvalue weighted by Crippen LogP contribution is 2.33. The smallest absolute Gasteiger partial charge is 0.306 e. The number of fused-ring (bicyclic) bond motifs is 2. The predicted octanol–water partition coefficient (Wildman–Crippen LogP) is 3.83. The minimum absolute atomic E-state index is 0.0820. The van der Waals surface area contributed by atoms with Gasteiger partial charge in [-0.1, -0.05) is 12.1 Å². The summed E-state index contributed by atoms with van der Waals surface area (Å²) >= 11 is 0. The van der Waals surface area contributed by atoms with Crippen molar-refractivity contribution >= 4 is 22.7 Å². The van der Waals surface area contributed by atoms with Crippen LogP contribution in [0.4, 0.5) is 10.1 Å². The van der Waals surface area contributed by atoms with Gasteiger partial charge in [-0.3, -0.25) is 4.79 Å². The number of anilines is 1. The van der Waals surface area contributed by atoms with Gasteiger partial charge in [-0.15, -0.1) is 0 Å². The summed E-state index contributed by atoms with van der Waals surface area (Å²) in [5, 5.41) is 9.94. The molecule has 208 valence electrons. The van der Waals surface area contributed by atoms with Crippen molar-refractivity contribution in [2.75, 3.05) is 31.2 Å². The number of piperidine rings is 1. The lowest BCUT2D eigenvalue weighted by Crippen LogP contribution is -2.34. The highest BCUT2D eigenvalue weighted by molar-refractivity contribution is 5.81. The van der Waals surface area contributed by atoms with Gasteiger partial charge in [0.15, 0.2) is 17.8 Å². The lowest BCUT2D eigenvalue weighted by Gasteiger charge is -2.33. The maximum absolute atomic E-state index is 15.1. The SMILES string of the molecule is CC(C)OC(=O)CC1CCN(c2ccc(-c3nc4cc(O[C@@H]5CO[C@H]6[C@@H]5OC[C@H]6O)[nH]c4cc3F)cc2)CC1. The van der Waals surface area contributed by atoms with Gasteiger partial charge in [0.25, 0.3) is 0 Å². The van der Waals surface area contributed by atoms with Crippen LogP contribution in [0.1, 0.15) is 33.1 Å². The van der Waals surface area contributed by atoms with Crippen LogP contribution in [0, 0.1) is 11.7 Å². The van der Waals surface area contributed by atoms with Crippen LogP contribution < -0.4 is 9.64 Å². The number of nitrogens with one attached hydrogen (secondary N) is 1. The standard InChI is InChI=1S/C29H34FN3O6/c1-16(2)38-26(35)11-17-7-9-33(10-8-17)19-5-3-18(4-6-19)27-20(30)12-21-22(32-27)13-25(31-21)39-24-15-37-28-23(34)14-36-29(24)28/h3-6,12-13,16-17,23-24,28-29,31,34H,7-11,14-15H2,1-2H3/t23-,24-,28-,29-/m1/s1. The van der Waals surface area contributed by atoms with Crippen molar-refractivity contribution in [1.82, 2.24) is 9.97 Å². The van der Waals surface area contributed by atoms with Crippen molar-refractivity contribution in [2.24, 2.45) is 5.92 Å². The first-order valence-electron chi connectivity index (χ1n) is 13.7. The minimum atomic E-state index is -0.650. The molecule has 3 aromatic rings. The number of carbonyl (C=O) groups is 1. The molecule has 3 aliphatic heterocycles. The molecule has 3 fully saturated rings. The first kappa shape index (κ1) is 26.0. The fourth-order valence-electron chi connectivity index (χ4n) is 5.75. The number of hydrogen-bond donors (Lipinski definition) is 2. The Balaban J connectivity index is 1.10. The third-order valence-electron chi connectivity index (χ3n) is 7.73. The monoisotopic (exact) mass is 539 g/mol. The second-order valence-corrected chi connectivity index (χ2v) is 10.9. The summed E-state index contributed by atoms with van der Waals surface area (Å²) in [6.45, 7) is 6.00. The van der Waals surface area contributed by atoms with E-state index in [-0.39, 0.29) is 42.7 Å². The summed E-state index contributed by atoms with van der Waals surface area (Å²) in [4.78, 5) is 21.9. The van der Waals surface area contributed by atoms with Gasteiger partial charge in [-0.2, -0.15) is 0 Å². The van der Waals surface area contributed by atoms with Crippen molar-refractivity contribution in [3.8, 4) is 17.1 Å². The summed E-state index contributed by atoms with van der Waals surface area (Å²) in [5.41, 5.74) is 3.15. The fraction of sp³-hybridized carbons (Fsp3) is 0.517. The van der Waals surface area contributed by atoms with E-state index in [9.17, 15) is 9.90 Å². The molecule has 0 unspecified atom stereocenters. The van der Waals surface area contributed by atoms with Crippen LogP contribution in [0.25, 0.3) is 22.3 Å². The first-order chi connectivity index (χ1) is 18.8. The van der Waals surface area contributed by atoms with E-state index >= 15 is 4.39 Å². The number of hydrogen-bond acceptors (Lipinski definition) is 8. The Morgan fingerprint density at radius 2 is 1.90 bits per heavy atom. The Kier molecular flexibility index (Phi) is 7.18. The molecule has 3 aliphatic rings. The van der Waals surface area contributed by atoms with Crippen LogP contribution in [-0.4, -0.2) is 77.9 Å². The molecule has 2 N–H and O–H groups in total. The van der Waals surface area contributed by atoms with E-state index in [1.165, 1.54) is 6.07 Å². The molecule has 5 heterocycles. The van der Waals surface area contributed by atoms with Gasteiger partial charge in [0.1, 0.15) is 24.0 Å². The van der Waals surface area contributed by atoms with Crippen LogP contribution in [0.15, 0.2) is 36.4 Å². The zero-order chi connectivity index (χ0) is 27.1. The van der Waals surface area contributed by atoms with E-state index in [0.29, 0.717) is 41.4 Å². The number of H-pyrrole nitrogens is 1. The number of carbonyl (C=O) groups excluding carboxylic acids is 1. The molecule has 0 amide bonds. The van der Waals surface area contributed by atoms with E-state index in [4.69, 9.17) is 18.9 Å². The van der Waals surface area contributed by atoms with E-state index in [1.807, 2.05) is 38.1 Å². The van der Waals surface area contributed by atoms with Crippen LogP contribution in [-0.2, 0) is 19.0 Å². The molecular weight excluding hydrogens is 505 g/mol. The molecule has 1 aromatic carbocycles. The molecular formula is C29H34FN3O6. The average Bonchev–Trinajstić information content (AvgIpc) is 3.60. The minimum Gasteiger partial charge on any atom is -0.470 e. The molecule has 10 heteroatoms. The molecule has 0 saturated carbocycles. The number of aromatic amines is 1. The quantitative estimate of drug-likeness (QED) is 0.437. The number of benzene rings is 1. The molecule has 9 nitrogen and oxygen atoms in total. The molecule has 39 heavy (non-hydrogen) atoms. The zero-order valence-electron chi connectivity index (χ0n) is 22.1. The Hall–Kier alpha value is -3.21. The van der Waals surface area contributed by atoms with Gasteiger partial charge >= 0.3 is 5.97 Å². The van der Waals surface area contributed by atoms with Gasteiger partial charge in [0.2, 0.25) is 0 Å². The second kappa shape index (κ2) is 10.7. The number of aromatic nitrogens is 2.